The third-order valence-corrected chi connectivity index (χ3v) is 5.74. The van der Waals surface area contributed by atoms with Crippen molar-refractivity contribution in [2.75, 3.05) is 17.7 Å². The van der Waals surface area contributed by atoms with Gasteiger partial charge in [-0.2, -0.15) is 5.26 Å². The fourth-order valence-electron chi connectivity index (χ4n) is 2.32. The zero-order valence-corrected chi connectivity index (χ0v) is 17.4. The maximum atomic E-state index is 12.6. The van der Waals surface area contributed by atoms with Crippen LogP contribution in [0.25, 0.3) is 11.8 Å². The van der Waals surface area contributed by atoms with E-state index >= 15 is 0 Å². The second-order valence-corrected chi connectivity index (χ2v) is 7.60. The lowest BCUT2D eigenvalue weighted by molar-refractivity contribution is -0.136. The Morgan fingerprint density at radius 2 is 2.03 bits per heavy atom. The molecule has 2 N–H and O–H groups in total. The molecule has 2 aromatic rings. The van der Waals surface area contributed by atoms with Gasteiger partial charge in [0, 0.05) is 23.3 Å². The number of carbonyl (C=O) groups excluding carboxylic acids is 1. The number of thioether (sulfide) groups is 1. The summed E-state index contributed by atoms with van der Waals surface area (Å²) in [6.45, 7) is 3.83. The van der Waals surface area contributed by atoms with Gasteiger partial charge >= 0.3 is 11.9 Å². The van der Waals surface area contributed by atoms with Gasteiger partial charge in [0.1, 0.15) is 15.3 Å². The lowest BCUT2D eigenvalue weighted by Crippen LogP contribution is -2.32. The van der Waals surface area contributed by atoms with Crippen molar-refractivity contribution < 1.29 is 19.4 Å². The topological polar surface area (TPSA) is 121 Å². The summed E-state index contributed by atoms with van der Waals surface area (Å²) in [6.07, 6.45) is 1.52. The molecule has 0 aliphatic heterocycles. The van der Waals surface area contributed by atoms with E-state index < -0.39 is 11.9 Å². The van der Waals surface area contributed by atoms with Gasteiger partial charge in [0.25, 0.3) is 5.56 Å². The SMILES string of the molecule is CCOC(=O)/C(C#N)=c1\s/c(=C/Nc2ccc(SCC(=O)O)cc2)c(=O)n1CC. The Bertz CT molecular complexity index is 1110. The first-order valence-corrected chi connectivity index (χ1v) is 10.4. The van der Waals surface area contributed by atoms with Gasteiger partial charge in [-0.05, 0) is 38.1 Å². The molecule has 29 heavy (non-hydrogen) atoms. The van der Waals surface area contributed by atoms with Crippen molar-refractivity contribution in [1.29, 1.82) is 5.26 Å². The van der Waals surface area contributed by atoms with Crippen LogP contribution in [-0.2, 0) is 20.9 Å². The van der Waals surface area contributed by atoms with E-state index in [4.69, 9.17) is 9.84 Å². The minimum atomic E-state index is -0.886. The quantitative estimate of drug-likeness (QED) is 0.470. The molecule has 0 amide bonds. The second kappa shape index (κ2) is 10.5. The number of aromatic nitrogens is 1. The number of rotatable bonds is 8. The van der Waals surface area contributed by atoms with Crippen molar-refractivity contribution in [3.63, 3.8) is 0 Å². The van der Waals surface area contributed by atoms with Gasteiger partial charge in [-0.15, -0.1) is 23.1 Å². The summed E-state index contributed by atoms with van der Waals surface area (Å²) >= 11 is 2.24. The van der Waals surface area contributed by atoms with Gasteiger partial charge in [-0.25, -0.2) is 4.79 Å². The Morgan fingerprint density at radius 1 is 1.34 bits per heavy atom. The summed E-state index contributed by atoms with van der Waals surface area (Å²) in [7, 11) is 0. The first-order chi connectivity index (χ1) is 13.9. The number of esters is 1. The zero-order chi connectivity index (χ0) is 21.4. The molecule has 0 radical (unpaired) electrons. The molecule has 0 bridgehead atoms. The number of ether oxygens (including phenoxy) is 1. The van der Waals surface area contributed by atoms with Gasteiger partial charge in [-0.1, -0.05) is 0 Å². The fraction of sp³-hybridized carbons (Fsp3) is 0.263. The van der Waals surface area contributed by atoms with Crippen LogP contribution in [-0.4, -0.2) is 34.0 Å². The van der Waals surface area contributed by atoms with Crippen molar-refractivity contribution in [3.05, 3.63) is 43.8 Å². The standard InChI is InChI=1S/C19H19N3O5S2/c1-3-22-17(25)15(29-18(22)14(9-20)19(26)27-4-2)10-21-12-5-7-13(8-6-12)28-11-16(23)24/h5-8,10,21H,3-4,11H2,1-2H3,(H,23,24)/b15-10+,18-14-. The number of nitrogens with zero attached hydrogens (tertiary/aromatic N) is 2. The number of anilines is 1. The number of hydrogen-bond acceptors (Lipinski definition) is 8. The fourth-order valence-corrected chi connectivity index (χ4v) is 4.01. The minimum absolute atomic E-state index is 0.0222. The highest BCUT2D eigenvalue weighted by Crippen LogP contribution is 2.20. The van der Waals surface area contributed by atoms with E-state index in [1.807, 2.05) is 6.07 Å². The molecule has 1 aromatic carbocycles. The van der Waals surface area contributed by atoms with E-state index in [2.05, 4.69) is 5.32 Å². The normalized spacial score (nSPS) is 12.2. The van der Waals surface area contributed by atoms with Gasteiger partial charge in [0.2, 0.25) is 0 Å². The summed E-state index contributed by atoms with van der Waals surface area (Å²) < 4.78 is 6.85. The molecule has 2 rings (SSSR count). The Balaban J connectivity index is 2.36. The molecule has 0 saturated heterocycles. The van der Waals surface area contributed by atoms with Crippen LogP contribution in [0.4, 0.5) is 5.69 Å². The number of aliphatic carboxylic acids is 1. The van der Waals surface area contributed by atoms with E-state index in [0.29, 0.717) is 16.8 Å². The highest BCUT2D eigenvalue weighted by Gasteiger charge is 2.16. The molecule has 1 heterocycles. The van der Waals surface area contributed by atoms with Crippen molar-refractivity contribution in [2.24, 2.45) is 0 Å². The van der Waals surface area contributed by atoms with E-state index in [1.54, 1.807) is 38.1 Å². The largest absolute Gasteiger partial charge is 0.481 e. The van der Waals surface area contributed by atoms with Crippen LogP contribution in [0.1, 0.15) is 13.8 Å². The lowest BCUT2D eigenvalue weighted by atomic mass is 10.3. The molecule has 0 aliphatic rings. The lowest BCUT2D eigenvalue weighted by Gasteiger charge is -2.02. The molecule has 0 atom stereocenters. The number of carboxylic acid groups (broad SMARTS) is 1. The molecule has 0 fully saturated rings. The minimum Gasteiger partial charge on any atom is -0.481 e. The molecular weight excluding hydrogens is 414 g/mol. The Morgan fingerprint density at radius 3 is 2.59 bits per heavy atom. The predicted molar refractivity (Wildman–Crippen MR) is 112 cm³/mol. The molecule has 0 aliphatic carbocycles. The number of carbonyl (C=O) groups is 2. The zero-order valence-electron chi connectivity index (χ0n) is 15.8. The summed E-state index contributed by atoms with van der Waals surface area (Å²) in [5, 5.41) is 21.1. The van der Waals surface area contributed by atoms with Crippen molar-refractivity contribution in [1.82, 2.24) is 4.57 Å². The van der Waals surface area contributed by atoms with Crippen molar-refractivity contribution >= 4 is 52.5 Å². The molecule has 10 heteroatoms. The second-order valence-electron chi connectivity index (χ2n) is 5.52. The first-order valence-electron chi connectivity index (χ1n) is 8.63. The molecular formula is C19H19N3O5S2. The summed E-state index contributed by atoms with van der Waals surface area (Å²) in [5.74, 6) is -1.67. The molecule has 1 aromatic heterocycles. The average molecular weight is 434 g/mol. The van der Waals surface area contributed by atoms with Crippen LogP contribution in [0.15, 0.2) is 34.0 Å². The van der Waals surface area contributed by atoms with Crippen LogP contribution in [0.3, 0.4) is 0 Å². The van der Waals surface area contributed by atoms with E-state index in [9.17, 15) is 19.6 Å². The highest BCUT2D eigenvalue weighted by atomic mass is 32.2. The predicted octanol–water partition coefficient (Wildman–Crippen LogP) is 1.19. The molecule has 152 valence electrons. The molecule has 8 nitrogen and oxygen atoms in total. The van der Waals surface area contributed by atoms with Crippen molar-refractivity contribution in [2.45, 2.75) is 25.3 Å². The summed E-state index contributed by atoms with van der Waals surface area (Å²) in [5.41, 5.74) is 0.192. The third-order valence-electron chi connectivity index (χ3n) is 3.62. The van der Waals surface area contributed by atoms with Crippen LogP contribution in [0.5, 0.6) is 0 Å². The van der Waals surface area contributed by atoms with Gasteiger partial charge in [0.15, 0.2) is 5.57 Å². The van der Waals surface area contributed by atoms with Crippen LogP contribution in [0.2, 0.25) is 0 Å². The van der Waals surface area contributed by atoms with Crippen LogP contribution < -0.4 is 20.1 Å². The van der Waals surface area contributed by atoms with E-state index in [-0.39, 0.29) is 28.2 Å². The van der Waals surface area contributed by atoms with E-state index in [1.165, 1.54) is 22.5 Å². The van der Waals surface area contributed by atoms with Crippen LogP contribution >= 0.6 is 23.1 Å². The Labute approximate surface area is 174 Å². The van der Waals surface area contributed by atoms with Crippen LogP contribution in [0, 0.1) is 11.3 Å². The summed E-state index contributed by atoms with van der Waals surface area (Å²) in [4.78, 5) is 36.1. The molecule has 0 spiro atoms. The monoisotopic (exact) mass is 433 g/mol. The summed E-state index contributed by atoms with van der Waals surface area (Å²) in [6, 6.07) is 8.91. The van der Waals surface area contributed by atoms with E-state index in [0.717, 1.165) is 16.2 Å². The number of nitrogens with one attached hydrogen (secondary N) is 1. The average Bonchev–Trinajstić information content (AvgIpc) is 3.01. The van der Waals surface area contributed by atoms with Gasteiger partial charge in [0.05, 0.1) is 12.4 Å². The third kappa shape index (κ3) is 5.73. The molecule has 0 unspecified atom stereocenters. The maximum absolute atomic E-state index is 12.6. The number of thiazole rings is 1. The number of nitriles is 1. The Hall–Kier alpha value is -3.03. The Kier molecular flexibility index (Phi) is 8.06. The van der Waals surface area contributed by atoms with Crippen molar-refractivity contribution in [3.8, 4) is 6.07 Å². The number of carboxylic acids is 1. The molecule has 0 saturated carbocycles. The first kappa shape index (κ1) is 22.3. The highest BCUT2D eigenvalue weighted by molar-refractivity contribution is 8.00. The maximum Gasteiger partial charge on any atom is 0.351 e. The van der Waals surface area contributed by atoms with Gasteiger partial charge in [-0.3, -0.25) is 14.2 Å². The number of hydrogen-bond donors (Lipinski definition) is 2. The smallest absolute Gasteiger partial charge is 0.351 e. The van der Waals surface area contributed by atoms with Gasteiger partial charge < -0.3 is 15.2 Å². The number of benzene rings is 1.